The smallest absolute Gasteiger partial charge is 0.251 e. The minimum Gasteiger partial charge on any atom is -0.354 e. The molecule has 0 spiro atoms. The molecular weight excluding hydrogens is 388 g/mol. The van der Waals surface area contributed by atoms with Crippen molar-refractivity contribution in [3.8, 4) is 0 Å². The van der Waals surface area contributed by atoms with Crippen LogP contribution in [-0.2, 0) is 18.9 Å². The van der Waals surface area contributed by atoms with Crippen LogP contribution in [0.1, 0.15) is 22.2 Å². The Kier molecular flexibility index (Phi) is 6.27. The Morgan fingerprint density at radius 2 is 1.83 bits per heavy atom. The highest BCUT2D eigenvalue weighted by molar-refractivity contribution is 5.94. The van der Waals surface area contributed by atoms with Gasteiger partial charge >= 0.3 is 0 Å². The average molecular weight is 410 g/mol. The van der Waals surface area contributed by atoms with Crippen molar-refractivity contribution in [2.75, 3.05) is 13.7 Å². The molecule has 2 aliphatic heterocycles. The van der Waals surface area contributed by atoms with E-state index in [1.807, 2.05) is 36.4 Å². The summed E-state index contributed by atoms with van der Waals surface area (Å²) in [5, 5.41) is 6.83. The molecular formula is C21H22N4O5. The third kappa shape index (κ3) is 4.16. The second-order valence-electron chi connectivity index (χ2n) is 7.02. The molecule has 0 unspecified atom stereocenters. The molecule has 0 bridgehead atoms. The molecule has 2 aromatic rings. The monoisotopic (exact) mass is 410 g/mol. The van der Waals surface area contributed by atoms with Crippen LogP contribution < -0.4 is 5.32 Å². The Morgan fingerprint density at radius 3 is 2.50 bits per heavy atom. The van der Waals surface area contributed by atoms with Gasteiger partial charge in [-0.1, -0.05) is 53.6 Å². The molecule has 156 valence electrons. The lowest BCUT2D eigenvalue weighted by Gasteiger charge is -2.48. The minimum atomic E-state index is -0.824. The third-order valence-corrected chi connectivity index (χ3v) is 5.19. The van der Waals surface area contributed by atoms with E-state index in [2.05, 4.69) is 15.3 Å². The van der Waals surface area contributed by atoms with Gasteiger partial charge in [-0.2, -0.15) is 0 Å². The molecule has 0 aliphatic carbocycles. The number of carbonyl (C=O) groups excluding carboxylic acids is 1. The molecule has 2 aromatic carbocycles. The number of azide groups is 1. The summed E-state index contributed by atoms with van der Waals surface area (Å²) in [4.78, 5) is 15.7. The highest BCUT2D eigenvalue weighted by Gasteiger charge is 2.50. The van der Waals surface area contributed by atoms with Crippen LogP contribution in [0.4, 0.5) is 0 Å². The maximum absolute atomic E-state index is 12.7. The molecule has 4 rings (SSSR count). The number of carbonyl (C=O) groups is 1. The van der Waals surface area contributed by atoms with E-state index >= 15 is 0 Å². The zero-order valence-corrected chi connectivity index (χ0v) is 16.3. The second kappa shape index (κ2) is 9.25. The fraction of sp³-hybridized carbons (Fsp3) is 0.381. The van der Waals surface area contributed by atoms with Gasteiger partial charge in [0.05, 0.1) is 18.7 Å². The van der Waals surface area contributed by atoms with Crippen molar-refractivity contribution in [3.63, 3.8) is 0 Å². The number of hydrogen-bond acceptors (Lipinski definition) is 6. The van der Waals surface area contributed by atoms with Crippen LogP contribution >= 0.6 is 0 Å². The minimum absolute atomic E-state index is 0.237. The van der Waals surface area contributed by atoms with Gasteiger partial charge in [0.15, 0.2) is 12.6 Å². The number of benzene rings is 2. The van der Waals surface area contributed by atoms with Crippen molar-refractivity contribution >= 4 is 5.91 Å². The van der Waals surface area contributed by atoms with Crippen molar-refractivity contribution in [2.45, 2.75) is 36.9 Å². The molecule has 0 aromatic heterocycles. The molecule has 2 heterocycles. The first-order valence-electron chi connectivity index (χ1n) is 9.61. The van der Waals surface area contributed by atoms with Crippen molar-refractivity contribution in [1.29, 1.82) is 0 Å². The van der Waals surface area contributed by atoms with Gasteiger partial charge in [0.1, 0.15) is 12.2 Å². The van der Waals surface area contributed by atoms with Gasteiger partial charge < -0.3 is 24.3 Å². The molecule has 0 radical (unpaired) electrons. The number of nitrogens with zero attached hydrogens (tertiary/aromatic N) is 3. The number of methoxy groups -OCH3 is 1. The normalized spacial score (nSPS) is 30.6. The largest absolute Gasteiger partial charge is 0.354 e. The zero-order chi connectivity index (χ0) is 20.9. The highest BCUT2D eigenvalue weighted by Crippen LogP contribution is 2.35. The van der Waals surface area contributed by atoms with Crippen LogP contribution in [0.2, 0.25) is 0 Å². The SMILES string of the molecule is CO[C@@H]1O[C@@H]2CO[C@H](c3ccccc3)O[C@H]2[C@@H](N=[N+]=[N-])[C@@H]1NC(=O)c1ccccc1. The summed E-state index contributed by atoms with van der Waals surface area (Å²) in [5.41, 5.74) is 10.5. The van der Waals surface area contributed by atoms with Crippen LogP contribution in [0, 0.1) is 0 Å². The number of fused-ring (bicyclic) bond motifs is 1. The van der Waals surface area contributed by atoms with E-state index in [-0.39, 0.29) is 12.5 Å². The molecule has 0 saturated carbocycles. The summed E-state index contributed by atoms with van der Waals surface area (Å²) in [6.07, 6.45) is -2.57. The lowest BCUT2D eigenvalue weighted by molar-refractivity contribution is -0.322. The number of amides is 1. The Morgan fingerprint density at radius 1 is 1.13 bits per heavy atom. The van der Waals surface area contributed by atoms with Crippen molar-refractivity contribution in [1.82, 2.24) is 5.32 Å². The summed E-state index contributed by atoms with van der Waals surface area (Å²) < 4.78 is 23.4. The van der Waals surface area contributed by atoms with Crippen LogP contribution in [0.25, 0.3) is 10.4 Å². The third-order valence-electron chi connectivity index (χ3n) is 5.19. The molecule has 30 heavy (non-hydrogen) atoms. The van der Waals surface area contributed by atoms with E-state index in [1.165, 1.54) is 7.11 Å². The molecule has 6 atom stereocenters. The number of rotatable bonds is 5. The first kappa shape index (κ1) is 20.3. The number of nitrogens with one attached hydrogen (secondary N) is 1. The van der Waals surface area contributed by atoms with Crippen LogP contribution in [0.5, 0.6) is 0 Å². The Hall–Kier alpha value is -2.94. The Balaban J connectivity index is 1.59. The fourth-order valence-electron chi connectivity index (χ4n) is 3.75. The first-order chi connectivity index (χ1) is 14.7. The van der Waals surface area contributed by atoms with Gasteiger partial charge in [-0.25, -0.2) is 0 Å². The summed E-state index contributed by atoms with van der Waals surface area (Å²) in [6.45, 7) is 0.237. The maximum atomic E-state index is 12.7. The lowest BCUT2D eigenvalue weighted by atomic mass is 9.93. The predicted octanol–water partition coefficient (Wildman–Crippen LogP) is 2.95. The zero-order valence-electron chi connectivity index (χ0n) is 16.3. The summed E-state index contributed by atoms with van der Waals surface area (Å²) in [6, 6.07) is 16.7. The molecule has 1 amide bonds. The van der Waals surface area contributed by atoms with Crippen molar-refractivity contribution in [3.05, 3.63) is 82.2 Å². The van der Waals surface area contributed by atoms with E-state index in [0.717, 1.165) is 5.56 Å². The highest BCUT2D eigenvalue weighted by atomic mass is 16.7. The summed E-state index contributed by atoms with van der Waals surface area (Å²) in [7, 11) is 1.47. The van der Waals surface area contributed by atoms with Gasteiger partial charge in [0.25, 0.3) is 5.91 Å². The van der Waals surface area contributed by atoms with Gasteiger partial charge in [0.2, 0.25) is 0 Å². The maximum Gasteiger partial charge on any atom is 0.251 e. The molecule has 2 aliphatic rings. The van der Waals surface area contributed by atoms with Gasteiger partial charge in [-0.15, -0.1) is 0 Å². The Bertz CT molecular complexity index is 906. The van der Waals surface area contributed by atoms with Crippen LogP contribution in [0.3, 0.4) is 0 Å². The average Bonchev–Trinajstić information content (AvgIpc) is 2.81. The van der Waals surface area contributed by atoms with Gasteiger partial charge in [-0.3, -0.25) is 4.79 Å². The molecule has 2 fully saturated rings. The first-order valence-corrected chi connectivity index (χ1v) is 9.61. The quantitative estimate of drug-likeness (QED) is 0.462. The number of hydrogen-bond donors (Lipinski definition) is 1. The molecule has 9 nitrogen and oxygen atoms in total. The summed E-state index contributed by atoms with van der Waals surface area (Å²) >= 11 is 0. The van der Waals surface area contributed by atoms with E-state index in [9.17, 15) is 10.3 Å². The second-order valence-corrected chi connectivity index (χ2v) is 7.02. The van der Waals surface area contributed by atoms with E-state index < -0.39 is 36.9 Å². The standard InChI is InChI=1S/C21H22N4O5/c1-27-21-17(23-19(26)13-8-4-2-5-9-13)16(24-25-22)18-15(29-21)12-28-20(30-18)14-10-6-3-7-11-14/h2-11,15-18,20-21H,12H2,1H3,(H,23,26)/t15-,16+,17+,18-,20+,21-/m1/s1. The van der Waals surface area contributed by atoms with Crippen LogP contribution in [0.15, 0.2) is 65.8 Å². The number of ether oxygens (including phenoxy) is 4. The Labute approximate surface area is 173 Å². The van der Waals surface area contributed by atoms with Crippen LogP contribution in [-0.4, -0.2) is 50.2 Å². The topological polar surface area (TPSA) is 115 Å². The lowest BCUT2D eigenvalue weighted by Crippen LogP contribution is -2.66. The van der Waals surface area contributed by atoms with Gasteiger partial charge in [0, 0.05) is 23.1 Å². The van der Waals surface area contributed by atoms with Gasteiger partial charge in [-0.05, 0) is 17.7 Å². The van der Waals surface area contributed by atoms with E-state index in [0.29, 0.717) is 5.56 Å². The summed E-state index contributed by atoms with van der Waals surface area (Å²) in [5.74, 6) is -0.325. The molecule has 2 saturated heterocycles. The van der Waals surface area contributed by atoms with E-state index in [4.69, 9.17) is 18.9 Å². The molecule has 1 N–H and O–H groups in total. The predicted molar refractivity (Wildman–Crippen MR) is 106 cm³/mol. The molecule has 9 heteroatoms. The van der Waals surface area contributed by atoms with Crippen molar-refractivity contribution < 1.29 is 23.7 Å². The van der Waals surface area contributed by atoms with Crippen molar-refractivity contribution in [2.24, 2.45) is 5.11 Å². The van der Waals surface area contributed by atoms with E-state index in [1.54, 1.807) is 24.3 Å². The fourth-order valence-corrected chi connectivity index (χ4v) is 3.75.